The van der Waals surface area contributed by atoms with Crippen LogP contribution in [0.15, 0.2) is 30.3 Å². The zero-order chi connectivity index (χ0) is 11.3. The third kappa shape index (κ3) is 3.15. The highest BCUT2D eigenvalue weighted by Gasteiger charge is 2.24. The molecule has 0 N–H and O–H groups in total. The number of benzene rings is 1. The second kappa shape index (κ2) is 4.67. The van der Waals surface area contributed by atoms with E-state index in [2.05, 4.69) is 4.79 Å². The largest absolute Gasteiger partial charge is 0.361 e. The number of carbonyl (C=O) groups is 1. The number of hydrogen-bond donors (Lipinski definition) is 0. The van der Waals surface area contributed by atoms with Gasteiger partial charge in [0.1, 0.15) is 0 Å². The molecule has 0 bridgehead atoms. The summed E-state index contributed by atoms with van der Waals surface area (Å²) in [7, 11) is 0. The summed E-state index contributed by atoms with van der Waals surface area (Å²) in [5.74, 6) is -0.175. The highest BCUT2D eigenvalue weighted by atomic mass is 16.1. The summed E-state index contributed by atoms with van der Waals surface area (Å²) in [5.41, 5.74) is 9.12. The molecule has 0 saturated carbocycles. The molecule has 15 heavy (non-hydrogen) atoms. The van der Waals surface area contributed by atoms with E-state index in [-0.39, 0.29) is 11.2 Å². The maximum Gasteiger partial charge on any atom is 0.323 e. The molecule has 0 aliphatic heterocycles. The second-order valence-corrected chi connectivity index (χ2v) is 4.14. The van der Waals surface area contributed by atoms with E-state index in [9.17, 15) is 4.79 Å². The molecule has 0 radical (unpaired) electrons. The van der Waals surface area contributed by atoms with Crippen LogP contribution in [0.4, 0.5) is 0 Å². The Morgan fingerprint density at radius 3 is 2.53 bits per heavy atom. The van der Waals surface area contributed by atoms with E-state index in [1.54, 1.807) is 0 Å². The van der Waals surface area contributed by atoms with E-state index in [0.29, 0.717) is 6.42 Å². The van der Waals surface area contributed by atoms with Gasteiger partial charge in [-0.05, 0) is 11.0 Å². The van der Waals surface area contributed by atoms with E-state index >= 15 is 0 Å². The first-order valence-corrected chi connectivity index (χ1v) is 4.82. The molecule has 3 nitrogen and oxygen atoms in total. The van der Waals surface area contributed by atoms with Gasteiger partial charge in [-0.25, -0.2) is 0 Å². The van der Waals surface area contributed by atoms with E-state index in [1.165, 1.54) is 0 Å². The van der Waals surface area contributed by atoms with E-state index in [1.807, 2.05) is 44.2 Å². The predicted octanol–water partition coefficient (Wildman–Crippen LogP) is 2.22. The monoisotopic (exact) mass is 202 g/mol. The van der Waals surface area contributed by atoms with Crippen LogP contribution in [0.1, 0.15) is 25.8 Å². The lowest BCUT2D eigenvalue weighted by atomic mass is 9.80. The summed E-state index contributed by atoms with van der Waals surface area (Å²) in [6, 6.07) is 9.81. The number of Topliss-reactive ketones (excluding diaryl/α,β-unsaturated/α-hetero) is 1. The number of carbonyl (C=O) groups excluding carboxylic acids is 1. The average Bonchev–Trinajstić information content (AvgIpc) is 2.18. The lowest BCUT2D eigenvalue weighted by Gasteiger charge is -2.22. The van der Waals surface area contributed by atoms with E-state index in [4.69, 9.17) is 5.53 Å². The fourth-order valence-corrected chi connectivity index (χ4v) is 1.54. The Balaban J connectivity index is 2.84. The van der Waals surface area contributed by atoms with Gasteiger partial charge < -0.3 is 5.53 Å². The van der Waals surface area contributed by atoms with Gasteiger partial charge in [0.2, 0.25) is 5.78 Å². The Labute approximate surface area is 89.4 Å². The molecule has 0 saturated heterocycles. The molecular formula is C12H14N2O. The van der Waals surface area contributed by atoms with Crippen molar-refractivity contribution in [3.63, 3.8) is 0 Å². The highest BCUT2D eigenvalue weighted by molar-refractivity contribution is 6.25. The van der Waals surface area contributed by atoms with Gasteiger partial charge in [-0.1, -0.05) is 44.2 Å². The van der Waals surface area contributed by atoms with Crippen molar-refractivity contribution < 1.29 is 9.58 Å². The van der Waals surface area contributed by atoms with Crippen LogP contribution in [0.5, 0.6) is 0 Å². The van der Waals surface area contributed by atoms with Crippen LogP contribution in [0.25, 0.3) is 5.53 Å². The predicted molar refractivity (Wildman–Crippen MR) is 58.8 cm³/mol. The first-order chi connectivity index (χ1) is 7.06. The summed E-state index contributed by atoms with van der Waals surface area (Å²) in [5, 5.41) is 0. The average molecular weight is 202 g/mol. The van der Waals surface area contributed by atoms with Gasteiger partial charge in [-0.3, -0.25) is 4.79 Å². The summed E-state index contributed by atoms with van der Waals surface area (Å²) >= 11 is 0. The number of nitrogens with zero attached hydrogens (tertiary/aromatic N) is 2. The van der Waals surface area contributed by atoms with Gasteiger partial charge >= 0.3 is 6.21 Å². The van der Waals surface area contributed by atoms with Crippen LogP contribution in [0.3, 0.4) is 0 Å². The Kier molecular flexibility index (Phi) is 3.53. The highest BCUT2D eigenvalue weighted by Crippen LogP contribution is 2.26. The normalized spacial score (nSPS) is 10.5. The fourth-order valence-electron chi connectivity index (χ4n) is 1.54. The van der Waals surface area contributed by atoms with Crippen LogP contribution in [-0.4, -0.2) is 16.8 Å². The van der Waals surface area contributed by atoms with Crippen molar-refractivity contribution in [1.82, 2.24) is 0 Å². The molecule has 0 atom stereocenters. The molecular weight excluding hydrogens is 188 g/mol. The molecule has 0 unspecified atom stereocenters. The Morgan fingerprint density at radius 2 is 2.00 bits per heavy atom. The molecule has 1 aromatic carbocycles. The molecule has 1 aromatic rings. The van der Waals surface area contributed by atoms with Gasteiger partial charge in [0.15, 0.2) is 0 Å². The van der Waals surface area contributed by atoms with Crippen LogP contribution in [-0.2, 0) is 10.2 Å². The molecule has 0 amide bonds. The molecule has 1 rings (SSSR count). The Morgan fingerprint density at radius 1 is 1.40 bits per heavy atom. The Bertz CT molecular complexity index is 389. The molecule has 0 aromatic heterocycles. The summed E-state index contributed by atoms with van der Waals surface area (Å²) in [6.45, 7) is 3.98. The topological polar surface area (TPSA) is 53.5 Å². The smallest absolute Gasteiger partial charge is 0.323 e. The van der Waals surface area contributed by atoms with E-state index < -0.39 is 0 Å². The fraction of sp³-hybridized carbons (Fsp3) is 0.333. The van der Waals surface area contributed by atoms with Gasteiger partial charge in [0, 0.05) is 6.42 Å². The van der Waals surface area contributed by atoms with Crippen molar-refractivity contribution in [3.05, 3.63) is 41.4 Å². The van der Waals surface area contributed by atoms with Gasteiger partial charge in [0.05, 0.1) is 0 Å². The molecule has 78 valence electrons. The van der Waals surface area contributed by atoms with Crippen LogP contribution in [0.2, 0.25) is 0 Å². The lowest BCUT2D eigenvalue weighted by molar-refractivity contribution is -0.117. The molecule has 0 spiro atoms. The molecule has 3 heteroatoms. The van der Waals surface area contributed by atoms with Crippen LogP contribution < -0.4 is 0 Å². The maximum absolute atomic E-state index is 11.3. The minimum Gasteiger partial charge on any atom is -0.361 e. The van der Waals surface area contributed by atoms with Crippen molar-refractivity contribution in [2.24, 2.45) is 0 Å². The van der Waals surface area contributed by atoms with E-state index in [0.717, 1.165) is 11.8 Å². The zero-order valence-electron chi connectivity index (χ0n) is 8.97. The third-order valence-electron chi connectivity index (χ3n) is 2.37. The SMILES string of the molecule is CC(C)(CC(=O)C=[N+]=[N-])c1ccccc1. The third-order valence-corrected chi connectivity index (χ3v) is 2.37. The quantitative estimate of drug-likeness (QED) is 0.419. The van der Waals surface area contributed by atoms with Crippen molar-refractivity contribution in [2.75, 3.05) is 0 Å². The molecule has 0 fully saturated rings. The second-order valence-electron chi connectivity index (χ2n) is 4.14. The summed E-state index contributed by atoms with van der Waals surface area (Å²) in [4.78, 5) is 14.1. The molecule has 0 aliphatic rings. The first kappa shape index (κ1) is 11.3. The maximum atomic E-state index is 11.3. The molecule has 0 aliphatic carbocycles. The summed E-state index contributed by atoms with van der Waals surface area (Å²) < 4.78 is 0. The van der Waals surface area contributed by atoms with Crippen molar-refractivity contribution in [2.45, 2.75) is 25.7 Å². The molecule has 0 heterocycles. The van der Waals surface area contributed by atoms with Gasteiger partial charge in [0.25, 0.3) is 0 Å². The van der Waals surface area contributed by atoms with Crippen LogP contribution >= 0.6 is 0 Å². The number of rotatable bonds is 4. The minimum absolute atomic E-state index is 0.175. The lowest BCUT2D eigenvalue weighted by Crippen LogP contribution is -2.22. The first-order valence-electron chi connectivity index (χ1n) is 4.82. The van der Waals surface area contributed by atoms with Crippen molar-refractivity contribution in [1.29, 1.82) is 0 Å². The zero-order valence-corrected chi connectivity index (χ0v) is 8.97. The number of ketones is 1. The standard InChI is InChI=1S/C12H14N2O/c1-12(2,8-11(15)9-14-13)10-6-4-3-5-7-10/h3-7,9H,8H2,1-2H3. The summed E-state index contributed by atoms with van der Waals surface area (Å²) in [6.07, 6.45) is 1.28. The number of hydrogen-bond acceptors (Lipinski definition) is 1. The van der Waals surface area contributed by atoms with Gasteiger partial charge in [-0.15, -0.1) is 0 Å². The van der Waals surface area contributed by atoms with Crippen LogP contribution in [0, 0.1) is 0 Å². The van der Waals surface area contributed by atoms with Crippen molar-refractivity contribution in [3.8, 4) is 0 Å². The Hall–Kier alpha value is -1.73. The van der Waals surface area contributed by atoms with Gasteiger partial charge in [-0.2, -0.15) is 4.79 Å². The van der Waals surface area contributed by atoms with Crippen molar-refractivity contribution >= 4 is 12.0 Å². The minimum atomic E-state index is -0.237.